The predicted octanol–water partition coefficient (Wildman–Crippen LogP) is 9.41. The number of amides is 1. The molecule has 1 N–H and O–H groups in total. The van der Waals surface area contributed by atoms with Gasteiger partial charge in [0.05, 0.1) is 44.2 Å². The van der Waals surface area contributed by atoms with Gasteiger partial charge in [-0.05, 0) is 84.3 Å². The van der Waals surface area contributed by atoms with E-state index < -0.39 is 12.1 Å². The topological polar surface area (TPSA) is 215 Å². The average molecular weight is 1030 g/mol. The fourth-order valence-corrected chi connectivity index (χ4v) is 8.39. The molecule has 1 amide bonds. The van der Waals surface area contributed by atoms with Crippen LogP contribution < -0.4 is 10.6 Å². The second-order valence-corrected chi connectivity index (χ2v) is 17.7. The van der Waals surface area contributed by atoms with Crippen LogP contribution in [-0.4, -0.2) is 85.0 Å². The van der Waals surface area contributed by atoms with Crippen LogP contribution in [0.4, 0.5) is 5.82 Å². The fraction of sp³-hybridized carbons (Fsp3) is 0.276. The van der Waals surface area contributed by atoms with Gasteiger partial charge in [0.1, 0.15) is 17.4 Å². The number of aromatic nitrogens is 10. The van der Waals surface area contributed by atoms with E-state index >= 15 is 0 Å². The zero-order valence-electron chi connectivity index (χ0n) is 42.2. The van der Waals surface area contributed by atoms with Crippen molar-refractivity contribution in [1.29, 1.82) is 0 Å². The number of carbonyl (C=O) groups is 2. The normalized spacial score (nSPS) is 11.7. The highest BCUT2D eigenvalue weighted by molar-refractivity contribution is 6.00. The predicted molar refractivity (Wildman–Crippen MR) is 292 cm³/mol. The maximum atomic E-state index is 13.2. The van der Waals surface area contributed by atoms with Crippen LogP contribution in [0.5, 0.6) is 0 Å². The summed E-state index contributed by atoms with van der Waals surface area (Å²) < 4.78 is 11.2. The van der Waals surface area contributed by atoms with Gasteiger partial charge in [0.25, 0.3) is 0 Å². The highest BCUT2D eigenvalue weighted by Crippen LogP contribution is 2.33. The SMILES string of the molecule is C.C.CC(C)c1ccccc1-c1ncc2c(n1)N(Cc1ccc(-n3cccn3)cc1)C(=O)C2.CCn1c(=O)n(Cc2ccc(-n3cccn3)cc2)c2nc(-c3ccccc3C(C)C)ncc21.COC(=O)C(C)O.O=C=O. The average Bonchev–Trinajstić information content (AvgIpc) is 4.27. The first kappa shape index (κ1) is 57.9. The van der Waals surface area contributed by atoms with E-state index in [1.165, 1.54) is 25.2 Å². The van der Waals surface area contributed by atoms with Gasteiger partial charge in [-0.1, -0.05) is 115 Å². The van der Waals surface area contributed by atoms with E-state index in [2.05, 4.69) is 64.7 Å². The molecule has 1 aliphatic heterocycles. The van der Waals surface area contributed by atoms with Gasteiger partial charge in [-0.25, -0.2) is 38.9 Å². The largest absolute Gasteiger partial charge is 0.467 e. The van der Waals surface area contributed by atoms with Gasteiger partial charge in [0.15, 0.2) is 17.3 Å². The summed E-state index contributed by atoms with van der Waals surface area (Å²) in [6, 6.07) is 36.3. The maximum absolute atomic E-state index is 13.2. The number of rotatable bonds is 12. The molecule has 5 aromatic heterocycles. The first-order chi connectivity index (χ1) is 35.8. The molecular formula is C58H65N11O7. The summed E-state index contributed by atoms with van der Waals surface area (Å²) in [7, 11) is 1.23. The highest BCUT2D eigenvalue weighted by Gasteiger charge is 2.30. The zero-order chi connectivity index (χ0) is 52.9. The Morgan fingerprint density at radius 1 is 0.671 bits per heavy atom. The summed E-state index contributed by atoms with van der Waals surface area (Å²) in [4.78, 5) is 73.0. The Morgan fingerprint density at radius 2 is 1.16 bits per heavy atom. The van der Waals surface area contributed by atoms with Gasteiger partial charge in [-0.15, -0.1) is 0 Å². The number of hydrogen-bond acceptors (Lipinski definition) is 13. The summed E-state index contributed by atoms with van der Waals surface area (Å²) >= 11 is 0. The Bertz CT molecular complexity index is 3410. The van der Waals surface area contributed by atoms with Gasteiger partial charge >= 0.3 is 17.8 Å². The minimum Gasteiger partial charge on any atom is -0.467 e. The molecule has 0 saturated heterocycles. The standard InChI is InChI=1S/C26H26N6O.C25H23N5O.C4H8O3.CO2.2CH4/c1-4-30-23-16-27-24(22-9-6-5-8-21(22)18(2)3)29-25(23)31(26(30)33)17-19-10-12-20(13-11-19)32-15-7-14-28-32;1-17(2)21-6-3-4-7-22(21)24-26-15-19-14-23(31)29(25(19)28-24)16-18-8-10-20(11-9-18)30-13-5-12-27-30;1-3(5)4(6)7-2;2-1-3;;/h5-16,18H,4,17H2,1-3H3;3-13,15,17H,14,16H2,1-2H3;3,5H,1-2H3;;2*1H4. The van der Waals surface area contributed by atoms with Gasteiger partial charge in [-0.2, -0.15) is 19.8 Å². The number of anilines is 1. The molecule has 0 radical (unpaired) electrons. The molecule has 4 aromatic carbocycles. The molecule has 9 aromatic rings. The van der Waals surface area contributed by atoms with Crippen LogP contribution in [-0.2, 0) is 50.0 Å². The second kappa shape index (κ2) is 26.8. The monoisotopic (exact) mass is 1030 g/mol. The lowest BCUT2D eigenvalue weighted by atomic mass is 9.97. The van der Waals surface area contributed by atoms with Gasteiger partial charge < -0.3 is 9.84 Å². The third-order valence-corrected chi connectivity index (χ3v) is 12.1. The number of aliphatic hydroxyl groups is 1. The van der Waals surface area contributed by atoms with Crippen molar-refractivity contribution >= 4 is 35.0 Å². The van der Waals surface area contributed by atoms with E-state index in [-0.39, 0.29) is 32.6 Å². The number of nitrogens with zero attached hydrogens (tertiary/aromatic N) is 11. The highest BCUT2D eigenvalue weighted by atomic mass is 16.5. The van der Waals surface area contributed by atoms with Crippen LogP contribution in [0.15, 0.2) is 151 Å². The number of fused-ring (bicyclic) bond motifs is 2. The van der Waals surface area contributed by atoms with Crippen molar-refractivity contribution in [3.8, 4) is 34.2 Å². The Balaban J connectivity index is 0.000000234. The number of aliphatic hydroxyl groups excluding tert-OH is 1. The summed E-state index contributed by atoms with van der Waals surface area (Å²) in [5, 5.41) is 16.9. The number of ether oxygens (including phenoxy) is 1. The number of methoxy groups -OCH3 is 1. The zero-order valence-corrected chi connectivity index (χ0v) is 42.2. The van der Waals surface area contributed by atoms with Crippen molar-refractivity contribution in [3.63, 3.8) is 0 Å². The van der Waals surface area contributed by atoms with Crippen molar-refractivity contribution in [2.75, 3.05) is 12.0 Å². The molecule has 0 saturated carbocycles. The Labute approximate surface area is 442 Å². The van der Waals surface area contributed by atoms with Gasteiger partial charge in [-0.3, -0.25) is 18.8 Å². The molecule has 18 heteroatoms. The van der Waals surface area contributed by atoms with E-state index in [0.29, 0.717) is 61.0 Å². The van der Waals surface area contributed by atoms with Crippen LogP contribution >= 0.6 is 0 Å². The molecule has 1 aliphatic rings. The van der Waals surface area contributed by atoms with Crippen molar-refractivity contribution in [3.05, 3.63) is 185 Å². The number of hydrogen-bond donors (Lipinski definition) is 1. The second-order valence-electron chi connectivity index (χ2n) is 17.7. The summed E-state index contributed by atoms with van der Waals surface area (Å²) in [6.45, 7) is 13.4. The molecule has 1 unspecified atom stereocenters. The number of esters is 1. The summed E-state index contributed by atoms with van der Waals surface area (Å²) in [5.74, 6) is 2.18. The summed E-state index contributed by atoms with van der Waals surface area (Å²) in [5.41, 5.74) is 10.6. The Kier molecular flexibility index (Phi) is 20.4. The first-order valence-electron chi connectivity index (χ1n) is 24.0. The molecule has 18 nitrogen and oxygen atoms in total. The molecule has 0 fully saturated rings. The number of aryl methyl sites for hydroxylation is 1. The minimum absolute atomic E-state index is 0. The van der Waals surface area contributed by atoms with Crippen LogP contribution in [0, 0.1) is 0 Å². The van der Waals surface area contributed by atoms with E-state index in [4.69, 9.17) is 24.7 Å². The summed E-state index contributed by atoms with van der Waals surface area (Å²) in [6.07, 6.45) is 10.5. The van der Waals surface area contributed by atoms with Gasteiger partial charge in [0, 0.05) is 54.2 Å². The third kappa shape index (κ3) is 13.4. The van der Waals surface area contributed by atoms with Crippen molar-refractivity contribution < 1.29 is 29.0 Å². The van der Waals surface area contributed by atoms with Crippen molar-refractivity contribution in [2.45, 2.75) is 100 Å². The smallest absolute Gasteiger partial charge is 0.373 e. The lowest BCUT2D eigenvalue weighted by Crippen LogP contribution is -2.26. The number of imidazole rings is 1. The maximum Gasteiger partial charge on any atom is 0.373 e. The third-order valence-electron chi connectivity index (χ3n) is 12.1. The van der Waals surface area contributed by atoms with E-state index in [1.54, 1.807) is 38.8 Å². The number of benzene rings is 4. The molecule has 6 heterocycles. The van der Waals surface area contributed by atoms with Crippen LogP contribution in [0.2, 0.25) is 0 Å². The minimum atomic E-state index is -0.995. The van der Waals surface area contributed by atoms with Crippen LogP contribution in [0.1, 0.15) is 96.0 Å². The molecular weight excluding hydrogens is 963 g/mol. The van der Waals surface area contributed by atoms with E-state index in [0.717, 1.165) is 44.7 Å². The molecule has 0 bridgehead atoms. The molecule has 76 heavy (non-hydrogen) atoms. The molecule has 394 valence electrons. The Morgan fingerprint density at radius 3 is 1.61 bits per heavy atom. The van der Waals surface area contributed by atoms with Crippen molar-refractivity contribution in [1.82, 2.24) is 48.6 Å². The fourth-order valence-electron chi connectivity index (χ4n) is 8.39. The molecule has 1 atom stereocenters. The lowest BCUT2D eigenvalue weighted by molar-refractivity contribution is -0.191. The number of carbonyl (C=O) groups excluding carboxylic acids is 4. The first-order valence-corrected chi connectivity index (χ1v) is 24.0. The molecule has 0 aliphatic carbocycles. The van der Waals surface area contributed by atoms with Crippen molar-refractivity contribution in [2.24, 2.45) is 0 Å². The molecule has 10 rings (SSSR count). The van der Waals surface area contributed by atoms with E-state index in [1.807, 2.05) is 126 Å². The quantitative estimate of drug-likeness (QED) is 0.113. The molecule has 0 spiro atoms. The lowest BCUT2D eigenvalue weighted by Gasteiger charge is -2.18. The van der Waals surface area contributed by atoms with Crippen LogP contribution in [0.25, 0.3) is 45.3 Å². The van der Waals surface area contributed by atoms with Crippen LogP contribution in [0.3, 0.4) is 0 Å². The van der Waals surface area contributed by atoms with Gasteiger partial charge in [0.2, 0.25) is 5.91 Å². The Hall–Kier alpha value is -8.99. The van der Waals surface area contributed by atoms with E-state index in [9.17, 15) is 14.4 Å².